The van der Waals surface area contributed by atoms with Gasteiger partial charge in [0.15, 0.2) is 5.17 Å². The van der Waals surface area contributed by atoms with Gasteiger partial charge in [0.2, 0.25) is 5.91 Å². The maximum absolute atomic E-state index is 13.1. The van der Waals surface area contributed by atoms with Gasteiger partial charge in [0.1, 0.15) is 5.75 Å². The summed E-state index contributed by atoms with van der Waals surface area (Å²) in [6.45, 7) is 9.26. The summed E-state index contributed by atoms with van der Waals surface area (Å²) in [5.74, 6) is -0.380. The standard InChI is InChI=1S/C22H26N2O5S/c1-6-17-20(26)24-19(15-7-9-16(10-8-15)29-14(5)25)18(13(4)23-22(24)30-17)21(27)28-11-12(2)3/h7-10,12,17,19H,6,11H2,1-5H3/t17-,19+/m1/s1. The molecule has 160 valence electrons. The van der Waals surface area contributed by atoms with Crippen molar-refractivity contribution in [2.45, 2.75) is 52.3 Å². The second-order valence-electron chi connectivity index (χ2n) is 7.67. The van der Waals surface area contributed by atoms with Gasteiger partial charge in [-0.3, -0.25) is 14.5 Å². The van der Waals surface area contributed by atoms with Gasteiger partial charge < -0.3 is 9.47 Å². The summed E-state index contributed by atoms with van der Waals surface area (Å²) in [7, 11) is 0. The summed E-state index contributed by atoms with van der Waals surface area (Å²) in [4.78, 5) is 43.4. The number of amidine groups is 1. The molecular weight excluding hydrogens is 404 g/mol. The average Bonchev–Trinajstić information content (AvgIpc) is 3.00. The van der Waals surface area contributed by atoms with Crippen LogP contribution in [0.3, 0.4) is 0 Å². The van der Waals surface area contributed by atoms with Crippen LogP contribution in [0.2, 0.25) is 0 Å². The van der Waals surface area contributed by atoms with Crippen molar-refractivity contribution < 1.29 is 23.9 Å². The Morgan fingerprint density at radius 1 is 1.23 bits per heavy atom. The first kappa shape index (κ1) is 22.1. The molecule has 0 saturated carbocycles. The fourth-order valence-electron chi connectivity index (χ4n) is 3.37. The van der Waals surface area contributed by atoms with Crippen LogP contribution in [0, 0.1) is 5.92 Å². The topological polar surface area (TPSA) is 85.3 Å². The second kappa shape index (κ2) is 9.04. The molecule has 0 N–H and O–H groups in total. The molecule has 0 spiro atoms. The summed E-state index contributed by atoms with van der Waals surface area (Å²) in [6, 6.07) is 6.18. The fraction of sp³-hybridized carbons (Fsp3) is 0.455. The minimum absolute atomic E-state index is 0.0722. The number of allylic oxidation sites excluding steroid dienone is 1. The van der Waals surface area contributed by atoms with E-state index in [2.05, 4.69) is 4.99 Å². The Bertz CT molecular complexity index is 920. The van der Waals surface area contributed by atoms with Crippen LogP contribution >= 0.6 is 11.8 Å². The molecule has 1 aromatic carbocycles. The highest BCUT2D eigenvalue weighted by Crippen LogP contribution is 2.44. The number of hydrogen-bond acceptors (Lipinski definition) is 7. The second-order valence-corrected chi connectivity index (χ2v) is 8.84. The number of benzene rings is 1. The summed E-state index contributed by atoms with van der Waals surface area (Å²) >= 11 is 1.42. The van der Waals surface area contributed by atoms with Crippen molar-refractivity contribution in [1.29, 1.82) is 0 Å². The molecule has 3 rings (SSSR count). The van der Waals surface area contributed by atoms with Crippen LogP contribution < -0.4 is 4.74 Å². The van der Waals surface area contributed by atoms with Crippen molar-refractivity contribution in [3.05, 3.63) is 41.1 Å². The predicted molar refractivity (Wildman–Crippen MR) is 115 cm³/mol. The van der Waals surface area contributed by atoms with Gasteiger partial charge in [-0.25, -0.2) is 9.79 Å². The van der Waals surface area contributed by atoms with E-state index in [0.717, 1.165) is 5.56 Å². The molecule has 30 heavy (non-hydrogen) atoms. The third-order valence-electron chi connectivity index (χ3n) is 4.75. The zero-order valence-electron chi connectivity index (χ0n) is 17.8. The molecule has 0 bridgehead atoms. The Balaban J connectivity index is 2.03. The predicted octanol–water partition coefficient (Wildman–Crippen LogP) is 3.85. The molecule has 2 aliphatic heterocycles. The number of carbonyl (C=O) groups is 3. The largest absolute Gasteiger partial charge is 0.462 e. The van der Waals surface area contributed by atoms with Gasteiger partial charge in [0.05, 0.1) is 29.2 Å². The minimum atomic E-state index is -0.639. The van der Waals surface area contributed by atoms with Gasteiger partial charge in [-0.15, -0.1) is 0 Å². The van der Waals surface area contributed by atoms with Crippen LogP contribution in [-0.2, 0) is 19.1 Å². The lowest BCUT2D eigenvalue weighted by atomic mass is 9.94. The van der Waals surface area contributed by atoms with E-state index in [0.29, 0.717) is 28.6 Å². The van der Waals surface area contributed by atoms with Crippen molar-refractivity contribution in [3.63, 3.8) is 0 Å². The first-order chi connectivity index (χ1) is 14.2. The zero-order valence-corrected chi connectivity index (χ0v) is 18.6. The number of aliphatic imine (C=N–C) groups is 1. The minimum Gasteiger partial charge on any atom is -0.462 e. The van der Waals surface area contributed by atoms with Crippen LogP contribution in [0.1, 0.15) is 52.6 Å². The number of fused-ring (bicyclic) bond motifs is 1. The monoisotopic (exact) mass is 430 g/mol. The quantitative estimate of drug-likeness (QED) is 0.503. The van der Waals surface area contributed by atoms with Crippen LogP contribution in [0.4, 0.5) is 0 Å². The number of thioether (sulfide) groups is 1. The van der Waals surface area contributed by atoms with E-state index < -0.39 is 18.0 Å². The number of hydrogen-bond donors (Lipinski definition) is 0. The van der Waals surface area contributed by atoms with E-state index in [9.17, 15) is 14.4 Å². The van der Waals surface area contributed by atoms with E-state index in [1.807, 2.05) is 20.8 Å². The summed E-state index contributed by atoms with van der Waals surface area (Å²) in [6.07, 6.45) is 0.670. The Morgan fingerprint density at radius 2 is 1.90 bits per heavy atom. The molecule has 2 heterocycles. The van der Waals surface area contributed by atoms with E-state index in [-0.39, 0.29) is 23.7 Å². The smallest absolute Gasteiger partial charge is 0.338 e. The summed E-state index contributed by atoms with van der Waals surface area (Å²) in [5, 5.41) is 0.365. The fourth-order valence-corrected chi connectivity index (χ4v) is 4.50. The molecule has 8 heteroatoms. The van der Waals surface area contributed by atoms with Gasteiger partial charge in [0, 0.05) is 6.92 Å². The molecule has 1 fully saturated rings. The molecule has 0 unspecified atom stereocenters. The van der Waals surface area contributed by atoms with Gasteiger partial charge in [-0.1, -0.05) is 44.7 Å². The van der Waals surface area contributed by atoms with E-state index in [4.69, 9.17) is 9.47 Å². The maximum Gasteiger partial charge on any atom is 0.338 e. The Labute approximate surface area is 180 Å². The van der Waals surface area contributed by atoms with Crippen molar-refractivity contribution >= 4 is 34.8 Å². The number of carbonyl (C=O) groups excluding carboxylic acids is 3. The molecule has 7 nitrogen and oxygen atoms in total. The highest BCUT2D eigenvalue weighted by atomic mass is 32.2. The molecule has 1 amide bonds. The first-order valence-corrected chi connectivity index (χ1v) is 10.9. The number of amides is 1. The molecule has 0 aromatic heterocycles. The van der Waals surface area contributed by atoms with E-state index in [1.54, 1.807) is 36.1 Å². The first-order valence-electron chi connectivity index (χ1n) is 9.97. The lowest BCUT2D eigenvalue weighted by molar-refractivity contribution is -0.141. The number of ether oxygens (including phenoxy) is 2. The van der Waals surface area contributed by atoms with Crippen molar-refractivity contribution in [2.75, 3.05) is 6.61 Å². The molecular formula is C22H26N2O5S. The van der Waals surface area contributed by atoms with Gasteiger partial charge in [-0.05, 0) is 37.0 Å². The molecule has 1 saturated heterocycles. The Morgan fingerprint density at radius 3 is 2.47 bits per heavy atom. The van der Waals surface area contributed by atoms with Crippen molar-refractivity contribution in [1.82, 2.24) is 4.90 Å². The third kappa shape index (κ3) is 4.43. The van der Waals surface area contributed by atoms with Crippen LogP contribution in [0.25, 0.3) is 0 Å². The van der Waals surface area contributed by atoms with Crippen molar-refractivity contribution in [2.24, 2.45) is 10.9 Å². The normalized spacial score (nSPS) is 20.9. The van der Waals surface area contributed by atoms with Gasteiger partial charge in [-0.2, -0.15) is 0 Å². The van der Waals surface area contributed by atoms with E-state index >= 15 is 0 Å². The summed E-state index contributed by atoms with van der Waals surface area (Å²) < 4.78 is 10.6. The maximum atomic E-state index is 13.1. The highest BCUT2D eigenvalue weighted by molar-refractivity contribution is 8.15. The average molecular weight is 431 g/mol. The van der Waals surface area contributed by atoms with Crippen molar-refractivity contribution in [3.8, 4) is 5.75 Å². The van der Waals surface area contributed by atoms with Crippen LogP contribution in [-0.4, -0.2) is 39.8 Å². The molecule has 2 aliphatic rings. The lowest BCUT2D eigenvalue weighted by Crippen LogP contribution is -2.40. The number of rotatable bonds is 6. The molecule has 2 atom stereocenters. The lowest BCUT2D eigenvalue weighted by Gasteiger charge is -2.33. The number of esters is 2. The zero-order chi connectivity index (χ0) is 22.0. The SMILES string of the molecule is CC[C@H]1SC2=NC(C)=C(C(=O)OCC(C)C)[C@H](c3ccc(OC(C)=O)cc3)N2C1=O. The molecule has 0 aliphatic carbocycles. The van der Waals surface area contributed by atoms with Crippen LogP contribution in [0.5, 0.6) is 5.75 Å². The number of nitrogens with zero attached hydrogens (tertiary/aromatic N) is 2. The Hall–Kier alpha value is -2.61. The van der Waals surface area contributed by atoms with Gasteiger partial charge >= 0.3 is 11.9 Å². The highest BCUT2D eigenvalue weighted by Gasteiger charge is 2.47. The molecule has 0 radical (unpaired) electrons. The van der Waals surface area contributed by atoms with Gasteiger partial charge in [0.25, 0.3) is 0 Å². The Kier molecular flexibility index (Phi) is 6.65. The third-order valence-corrected chi connectivity index (χ3v) is 6.07. The molecule has 1 aromatic rings. The van der Waals surface area contributed by atoms with Crippen LogP contribution in [0.15, 0.2) is 40.5 Å². The van der Waals surface area contributed by atoms with E-state index in [1.165, 1.54) is 18.7 Å². The summed E-state index contributed by atoms with van der Waals surface area (Å²) in [5.41, 5.74) is 1.62.